The normalized spacial score (nSPS) is 12.5. The van der Waals surface area contributed by atoms with Gasteiger partial charge in [-0.2, -0.15) is 0 Å². The van der Waals surface area contributed by atoms with Crippen molar-refractivity contribution in [1.82, 2.24) is 19.9 Å². The second-order valence-corrected chi connectivity index (χ2v) is 10.3. The molecule has 12 nitrogen and oxygen atoms in total. The van der Waals surface area contributed by atoms with Crippen LogP contribution in [0.5, 0.6) is 0 Å². The second-order valence-electron chi connectivity index (χ2n) is 10.3. The number of aliphatic carboxylic acids is 1. The molecule has 1 amide bonds. The molecule has 232 valence electrons. The first-order valence-electron chi connectivity index (χ1n) is 14.6. The molecule has 0 atom stereocenters. The number of ether oxygens (including phenoxy) is 1. The molecular weight excluding hydrogens is 588 g/mol. The fraction of sp³-hybridized carbons (Fsp3) is 0.176. The lowest BCUT2D eigenvalue weighted by atomic mass is 10.1. The third kappa shape index (κ3) is 7.72. The average molecular weight is 619 g/mol. The first kappa shape index (κ1) is 31.4. The number of nitrogen functional groups attached to an aromatic ring is 1. The van der Waals surface area contributed by atoms with Crippen molar-refractivity contribution in [3.63, 3.8) is 0 Å². The summed E-state index contributed by atoms with van der Waals surface area (Å²) in [4.78, 5) is 60.4. The zero-order valence-corrected chi connectivity index (χ0v) is 24.7. The number of nitrogens with zero attached hydrogens (tertiary/aromatic N) is 4. The van der Waals surface area contributed by atoms with Crippen molar-refractivity contribution in [2.45, 2.75) is 38.5 Å². The molecule has 1 saturated heterocycles. The van der Waals surface area contributed by atoms with Crippen molar-refractivity contribution in [3.05, 3.63) is 85.5 Å². The van der Waals surface area contributed by atoms with Crippen LogP contribution >= 0.6 is 0 Å². The fourth-order valence-corrected chi connectivity index (χ4v) is 4.90. The summed E-state index contributed by atoms with van der Waals surface area (Å²) in [7, 11) is 0. The molecule has 1 fully saturated rings. The maximum absolute atomic E-state index is 12.0. The number of amides is 1. The predicted octanol–water partition coefficient (Wildman–Crippen LogP) is 5.58. The minimum absolute atomic E-state index is 0.0165. The number of esters is 2. The van der Waals surface area contributed by atoms with Gasteiger partial charge in [-0.3, -0.25) is 39.1 Å². The molecule has 2 aromatic carbocycles. The van der Waals surface area contributed by atoms with Gasteiger partial charge < -0.3 is 20.9 Å². The maximum atomic E-state index is 12.0. The van der Waals surface area contributed by atoms with Crippen LogP contribution in [0.25, 0.3) is 43.6 Å². The first-order chi connectivity index (χ1) is 22.3. The summed E-state index contributed by atoms with van der Waals surface area (Å²) in [5.74, 6) is -1.88. The SMILES string of the molecule is Nc1cc2cccnc2c2ncccc12.O=C(O)CCCC(=O)Nc1cc2cccnc2c2ncccc12.O=C1CCCC(=O)O1. The Bertz CT molecular complexity index is 2070. The molecule has 1 aliphatic heterocycles. The van der Waals surface area contributed by atoms with Gasteiger partial charge in [0, 0.05) is 77.7 Å². The number of nitrogens with one attached hydrogen (secondary N) is 1. The highest BCUT2D eigenvalue weighted by Gasteiger charge is 2.16. The first-order valence-corrected chi connectivity index (χ1v) is 14.6. The van der Waals surface area contributed by atoms with E-state index in [1.165, 1.54) is 0 Å². The standard InChI is InChI=1S/C17H15N3O3.C12H9N3.C5H6O3/c21-14(6-1-7-15(22)23)20-13-10-11-4-2-8-18-16(11)17-12(13)5-3-9-19-17;13-10-7-8-3-1-5-14-11(8)12-9(10)4-2-6-15-12;6-4-2-1-3-5(7)8-4/h2-5,8-10H,1,6-7H2,(H,20,21)(H,22,23);1-7H,13H2;1-3H2. The predicted molar refractivity (Wildman–Crippen MR) is 174 cm³/mol. The molecule has 4 N–H and O–H groups in total. The van der Waals surface area contributed by atoms with Gasteiger partial charge in [0.15, 0.2) is 0 Å². The number of pyridine rings is 4. The van der Waals surface area contributed by atoms with Crippen molar-refractivity contribution in [2.24, 2.45) is 0 Å². The lowest BCUT2D eigenvalue weighted by Gasteiger charge is -2.10. The minimum Gasteiger partial charge on any atom is -0.481 e. The van der Waals surface area contributed by atoms with Crippen LogP contribution in [0.15, 0.2) is 85.5 Å². The number of carbonyl (C=O) groups is 4. The average Bonchev–Trinajstić information content (AvgIpc) is 3.05. The van der Waals surface area contributed by atoms with Gasteiger partial charge in [-0.15, -0.1) is 0 Å². The topological polar surface area (TPSA) is 187 Å². The number of cyclic esters (lactones) is 2. The van der Waals surface area contributed by atoms with Crippen LogP contribution in [-0.4, -0.2) is 48.9 Å². The summed E-state index contributed by atoms with van der Waals surface area (Å²) in [5.41, 5.74) is 10.7. The van der Waals surface area contributed by atoms with Gasteiger partial charge in [0.1, 0.15) is 0 Å². The van der Waals surface area contributed by atoms with Gasteiger partial charge in [0.25, 0.3) is 0 Å². The molecule has 6 aromatic rings. The molecule has 0 bridgehead atoms. The monoisotopic (exact) mass is 618 g/mol. The highest BCUT2D eigenvalue weighted by molar-refractivity contribution is 6.12. The summed E-state index contributed by atoms with van der Waals surface area (Å²) < 4.78 is 4.21. The van der Waals surface area contributed by atoms with Gasteiger partial charge in [-0.1, -0.05) is 12.1 Å². The fourth-order valence-electron chi connectivity index (χ4n) is 4.90. The maximum Gasteiger partial charge on any atom is 0.313 e. The van der Waals surface area contributed by atoms with Crippen LogP contribution < -0.4 is 11.1 Å². The summed E-state index contributed by atoms with van der Waals surface area (Å²) in [6.45, 7) is 0. The van der Waals surface area contributed by atoms with Crippen molar-refractivity contribution < 1.29 is 29.0 Å². The number of nitrogens with two attached hydrogens (primary N) is 1. The highest BCUT2D eigenvalue weighted by atomic mass is 16.6. The van der Waals surface area contributed by atoms with Gasteiger partial charge in [0.05, 0.1) is 27.8 Å². The quantitative estimate of drug-likeness (QED) is 0.0947. The Labute approximate surface area is 262 Å². The number of hydrogen-bond donors (Lipinski definition) is 3. The van der Waals surface area contributed by atoms with Gasteiger partial charge in [0.2, 0.25) is 5.91 Å². The molecular formula is C34H30N6O6. The lowest BCUT2D eigenvalue weighted by molar-refractivity contribution is -0.163. The third-order valence-electron chi connectivity index (χ3n) is 7.01. The summed E-state index contributed by atoms with van der Waals surface area (Å²) >= 11 is 0. The molecule has 0 unspecified atom stereocenters. The molecule has 12 heteroatoms. The van der Waals surface area contributed by atoms with E-state index < -0.39 is 5.97 Å². The number of aromatic nitrogens is 4. The second kappa shape index (κ2) is 14.6. The summed E-state index contributed by atoms with van der Waals surface area (Å²) in [6.07, 6.45) is 8.83. The lowest BCUT2D eigenvalue weighted by Crippen LogP contribution is -2.17. The molecule has 0 saturated carbocycles. The molecule has 0 radical (unpaired) electrons. The van der Waals surface area contributed by atoms with E-state index in [0.29, 0.717) is 31.4 Å². The van der Waals surface area contributed by atoms with Crippen LogP contribution in [-0.2, 0) is 23.9 Å². The Balaban J connectivity index is 0.000000154. The van der Waals surface area contributed by atoms with Crippen LogP contribution in [0.4, 0.5) is 11.4 Å². The molecule has 1 aliphatic rings. The Morgan fingerprint density at radius 2 is 1.26 bits per heavy atom. The van der Waals surface area contributed by atoms with Crippen molar-refractivity contribution in [1.29, 1.82) is 0 Å². The summed E-state index contributed by atoms with van der Waals surface area (Å²) in [6, 6.07) is 19.0. The van der Waals surface area contributed by atoms with E-state index in [1.54, 1.807) is 30.9 Å². The number of hydrogen-bond acceptors (Lipinski definition) is 10. The van der Waals surface area contributed by atoms with Crippen molar-refractivity contribution in [2.75, 3.05) is 11.1 Å². The van der Waals surface area contributed by atoms with Crippen molar-refractivity contribution in [3.8, 4) is 0 Å². The van der Waals surface area contributed by atoms with E-state index >= 15 is 0 Å². The van der Waals surface area contributed by atoms with Crippen LogP contribution in [0, 0.1) is 0 Å². The van der Waals surface area contributed by atoms with E-state index in [9.17, 15) is 19.2 Å². The zero-order valence-electron chi connectivity index (χ0n) is 24.7. The van der Waals surface area contributed by atoms with Crippen LogP contribution in [0.1, 0.15) is 38.5 Å². The molecule has 0 aliphatic carbocycles. The number of fused-ring (bicyclic) bond motifs is 6. The Kier molecular flexibility index (Phi) is 9.98. The van der Waals surface area contributed by atoms with E-state index in [2.05, 4.69) is 30.0 Å². The van der Waals surface area contributed by atoms with Crippen molar-refractivity contribution >= 4 is 78.8 Å². The van der Waals surface area contributed by atoms with E-state index in [0.717, 1.165) is 49.3 Å². The zero-order chi connectivity index (χ0) is 32.5. The molecule has 5 heterocycles. The van der Waals surface area contributed by atoms with E-state index in [4.69, 9.17) is 10.8 Å². The largest absolute Gasteiger partial charge is 0.481 e. The number of rotatable bonds is 5. The Hall–Kier alpha value is -6.04. The number of benzene rings is 2. The third-order valence-corrected chi connectivity index (χ3v) is 7.01. The number of carboxylic acids is 1. The highest BCUT2D eigenvalue weighted by Crippen LogP contribution is 2.29. The summed E-state index contributed by atoms with van der Waals surface area (Å²) in [5, 5.41) is 15.2. The minimum atomic E-state index is -0.899. The van der Waals surface area contributed by atoms with E-state index in [1.807, 2.05) is 54.6 Å². The Morgan fingerprint density at radius 3 is 1.83 bits per heavy atom. The van der Waals surface area contributed by atoms with Crippen LogP contribution in [0.3, 0.4) is 0 Å². The molecule has 46 heavy (non-hydrogen) atoms. The molecule has 7 rings (SSSR count). The smallest absolute Gasteiger partial charge is 0.313 e. The molecule has 4 aromatic heterocycles. The van der Waals surface area contributed by atoms with Gasteiger partial charge >= 0.3 is 17.9 Å². The number of carboxylic acid groups (broad SMARTS) is 1. The number of anilines is 2. The Morgan fingerprint density at radius 1 is 0.739 bits per heavy atom. The molecule has 0 spiro atoms. The van der Waals surface area contributed by atoms with E-state index in [-0.39, 0.29) is 30.7 Å². The van der Waals surface area contributed by atoms with Crippen LogP contribution in [0.2, 0.25) is 0 Å². The van der Waals surface area contributed by atoms with Gasteiger partial charge in [-0.25, -0.2) is 0 Å². The number of carbonyl (C=O) groups excluding carboxylic acids is 3. The van der Waals surface area contributed by atoms with Gasteiger partial charge in [-0.05, 0) is 61.4 Å².